The molecule has 0 bridgehead atoms. The van der Waals surface area contributed by atoms with Crippen molar-refractivity contribution in [3.63, 3.8) is 0 Å². The van der Waals surface area contributed by atoms with Crippen LogP contribution in [0.2, 0.25) is 0 Å². The van der Waals surface area contributed by atoms with Crippen LogP contribution in [0.4, 0.5) is 23.8 Å². The molecule has 0 saturated carbocycles. The summed E-state index contributed by atoms with van der Waals surface area (Å²) in [5, 5.41) is 0. The Hall–Kier alpha value is -1.99. The summed E-state index contributed by atoms with van der Waals surface area (Å²) in [7, 11) is 0. The van der Waals surface area contributed by atoms with E-state index in [1.807, 2.05) is 25.7 Å². The van der Waals surface area contributed by atoms with Crippen LogP contribution in [-0.4, -0.2) is 47.8 Å². The zero-order valence-corrected chi connectivity index (χ0v) is 16.7. The van der Waals surface area contributed by atoms with Crippen LogP contribution in [0.1, 0.15) is 52.1 Å². The second-order valence-corrected chi connectivity index (χ2v) is 8.83. The summed E-state index contributed by atoms with van der Waals surface area (Å²) in [5.41, 5.74) is -1.21. The molecule has 0 radical (unpaired) electrons. The Kier molecular flexibility index (Phi) is 5.51. The summed E-state index contributed by atoms with van der Waals surface area (Å²) in [6.07, 6.45) is -1.11. The van der Waals surface area contributed by atoms with Crippen LogP contribution >= 0.6 is 0 Å². The van der Waals surface area contributed by atoms with E-state index in [1.54, 1.807) is 11.0 Å². The number of carbonyl (C=O) groups is 1. The predicted molar refractivity (Wildman–Crippen MR) is 100 cm³/mol. The first-order valence-corrected chi connectivity index (χ1v) is 9.75. The third kappa shape index (κ3) is 4.89. The lowest BCUT2D eigenvalue weighted by Crippen LogP contribution is -2.49. The number of halogens is 3. The van der Waals surface area contributed by atoms with Crippen LogP contribution in [0, 0.1) is 5.41 Å². The molecule has 1 spiro atoms. The molecule has 28 heavy (non-hydrogen) atoms. The summed E-state index contributed by atoms with van der Waals surface area (Å²) in [6.45, 7) is 8.25. The van der Waals surface area contributed by atoms with E-state index >= 15 is 0 Å². The topological polar surface area (TPSA) is 45.7 Å². The van der Waals surface area contributed by atoms with Gasteiger partial charge >= 0.3 is 12.3 Å². The van der Waals surface area contributed by atoms with Gasteiger partial charge in [-0.1, -0.05) is 6.07 Å². The molecular weight excluding hydrogens is 371 g/mol. The van der Waals surface area contributed by atoms with Crippen LogP contribution in [0.3, 0.4) is 0 Å². The highest BCUT2D eigenvalue weighted by atomic mass is 19.4. The van der Waals surface area contributed by atoms with E-state index in [2.05, 4.69) is 4.98 Å². The quantitative estimate of drug-likeness (QED) is 0.686. The molecule has 2 saturated heterocycles. The van der Waals surface area contributed by atoms with Crippen molar-refractivity contribution < 1.29 is 22.7 Å². The van der Waals surface area contributed by atoms with Crippen molar-refractivity contribution in [2.24, 2.45) is 5.41 Å². The van der Waals surface area contributed by atoms with Gasteiger partial charge in [-0.25, -0.2) is 9.78 Å². The molecule has 0 aliphatic carbocycles. The van der Waals surface area contributed by atoms with Crippen molar-refractivity contribution in [1.82, 2.24) is 9.88 Å². The molecule has 1 amide bonds. The Labute approximate surface area is 163 Å². The Morgan fingerprint density at radius 3 is 2.14 bits per heavy atom. The van der Waals surface area contributed by atoms with Gasteiger partial charge in [0.25, 0.3) is 0 Å². The molecule has 156 valence electrons. The fourth-order valence-corrected chi connectivity index (χ4v) is 3.96. The number of carbonyl (C=O) groups excluding carboxylic acids is 1. The van der Waals surface area contributed by atoms with Crippen LogP contribution in [-0.2, 0) is 10.9 Å². The van der Waals surface area contributed by atoms with Crippen molar-refractivity contribution >= 4 is 11.9 Å². The van der Waals surface area contributed by atoms with Gasteiger partial charge < -0.3 is 14.5 Å². The fourth-order valence-electron chi connectivity index (χ4n) is 3.96. The van der Waals surface area contributed by atoms with Crippen molar-refractivity contribution in [2.75, 3.05) is 31.1 Å². The van der Waals surface area contributed by atoms with Crippen LogP contribution < -0.4 is 4.90 Å². The number of rotatable bonds is 1. The molecule has 2 aliphatic heterocycles. The van der Waals surface area contributed by atoms with Gasteiger partial charge in [0.2, 0.25) is 0 Å². The molecular formula is C20H28F3N3O2. The third-order valence-electron chi connectivity index (χ3n) is 5.65. The summed E-state index contributed by atoms with van der Waals surface area (Å²) in [6, 6.07) is 4.05. The average molecular weight is 399 g/mol. The zero-order chi connectivity index (χ0) is 20.6. The molecule has 5 nitrogen and oxygen atoms in total. The lowest BCUT2D eigenvalue weighted by Gasteiger charge is -2.47. The second-order valence-electron chi connectivity index (χ2n) is 8.83. The van der Waals surface area contributed by atoms with Crippen LogP contribution in [0.25, 0.3) is 0 Å². The first-order valence-electron chi connectivity index (χ1n) is 9.75. The highest BCUT2D eigenvalue weighted by Gasteiger charge is 2.40. The van der Waals surface area contributed by atoms with Crippen molar-refractivity contribution in [1.29, 1.82) is 0 Å². The molecule has 0 aromatic carbocycles. The number of amides is 1. The highest BCUT2D eigenvalue weighted by molar-refractivity contribution is 5.68. The third-order valence-corrected chi connectivity index (χ3v) is 5.65. The van der Waals surface area contributed by atoms with Crippen molar-refractivity contribution in [3.05, 3.63) is 23.9 Å². The summed E-state index contributed by atoms with van der Waals surface area (Å²) in [5.74, 6) is 0.385. The molecule has 3 rings (SSSR count). The monoisotopic (exact) mass is 399 g/mol. The van der Waals surface area contributed by atoms with E-state index < -0.39 is 17.5 Å². The van der Waals surface area contributed by atoms with Crippen molar-refractivity contribution in [2.45, 2.75) is 58.2 Å². The van der Waals surface area contributed by atoms with Crippen LogP contribution in [0.5, 0.6) is 0 Å². The number of pyridine rings is 1. The zero-order valence-electron chi connectivity index (χ0n) is 16.7. The smallest absolute Gasteiger partial charge is 0.433 e. The molecule has 1 aromatic heterocycles. The first-order chi connectivity index (χ1) is 13.0. The minimum absolute atomic E-state index is 0.149. The number of anilines is 1. The Bertz CT molecular complexity index is 697. The van der Waals surface area contributed by atoms with E-state index in [9.17, 15) is 18.0 Å². The van der Waals surface area contributed by atoms with Gasteiger partial charge in [-0.3, -0.25) is 0 Å². The number of hydrogen-bond acceptors (Lipinski definition) is 4. The molecule has 3 heterocycles. The Morgan fingerprint density at radius 2 is 1.61 bits per heavy atom. The summed E-state index contributed by atoms with van der Waals surface area (Å²) in [4.78, 5) is 19.7. The lowest BCUT2D eigenvalue weighted by atomic mass is 9.71. The Balaban J connectivity index is 1.56. The van der Waals surface area contributed by atoms with E-state index in [1.165, 1.54) is 6.07 Å². The van der Waals surface area contributed by atoms with Gasteiger partial charge in [0.1, 0.15) is 17.1 Å². The Morgan fingerprint density at radius 1 is 1.04 bits per heavy atom. The van der Waals surface area contributed by atoms with Gasteiger partial charge in [-0.15, -0.1) is 0 Å². The number of aromatic nitrogens is 1. The normalized spacial score (nSPS) is 20.4. The second kappa shape index (κ2) is 7.44. The number of likely N-dealkylation sites (tertiary alicyclic amines) is 1. The lowest BCUT2D eigenvalue weighted by molar-refractivity contribution is -0.141. The fraction of sp³-hybridized carbons (Fsp3) is 0.700. The number of nitrogens with zero attached hydrogens (tertiary/aromatic N) is 3. The molecule has 8 heteroatoms. The molecule has 2 aliphatic rings. The molecule has 1 aromatic rings. The van der Waals surface area contributed by atoms with E-state index in [-0.39, 0.29) is 11.5 Å². The standard InChI is InChI=1S/C20H28F3N3O2/c1-18(2,3)28-17(27)26-13-9-19(10-14-26)7-11-25(12-8-19)16-6-4-5-15(24-16)20(21,22)23/h4-6H,7-14H2,1-3H3. The van der Waals surface area contributed by atoms with Crippen molar-refractivity contribution in [3.8, 4) is 0 Å². The first kappa shape index (κ1) is 20.7. The largest absolute Gasteiger partial charge is 0.444 e. The van der Waals surface area contributed by atoms with Crippen LogP contribution in [0.15, 0.2) is 18.2 Å². The highest BCUT2D eigenvalue weighted by Crippen LogP contribution is 2.42. The van der Waals surface area contributed by atoms with Gasteiger partial charge in [0, 0.05) is 26.2 Å². The summed E-state index contributed by atoms with van der Waals surface area (Å²) >= 11 is 0. The average Bonchev–Trinajstić information content (AvgIpc) is 2.61. The summed E-state index contributed by atoms with van der Waals surface area (Å²) < 4.78 is 44.2. The molecule has 0 atom stereocenters. The predicted octanol–water partition coefficient (Wildman–Crippen LogP) is 4.72. The maximum atomic E-state index is 12.9. The van der Waals surface area contributed by atoms with Gasteiger partial charge in [-0.2, -0.15) is 13.2 Å². The molecule has 0 N–H and O–H groups in total. The molecule has 0 unspecified atom stereocenters. The number of piperidine rings is 2. The molecule has 2 fully saturated rings. The number of ether oxygens (including phenoxy) is 1. The van der Waals surface area contributed by atoms with E-state index in [0.717, 1.165) is 31.7 Å². The maximum Gasteiger partial charge on any atom is 0.433 e. The SMILES string of the molecule is CC(C)(C)OC(=O)N1CCC2(CC1)CCN(c1cccc(C(F)(F)F)n1)CC2. The maximum absolute atomic E-state index is 12.9. The van der Waals surface area contributed by atoms with Gasteiger partial charge in [-0.05, 0) is 64.0 Å². The van der Waals surface area contributed by atoms with Gasteiger partial charge in [0.05, 0.1) is 0 Å². The van der Waals surface area contributed by atoms with E-state index in [0.29, 0.717) is 32.0 Å². The van der Waals surface area contributed by atoms with E-state index in [4.69, 9.17) is 4.74 Å². The minimum Gasteiger partial charge on any atom is -0.444 e. The number of alkyl halides is 3. The minimum atomic E-state index is -4.43. The number of hydrogen-bond donors (Lipinski definition) is 0. The van der Waals surface area contributed by atoms with Gasteiger partial charge in [0.15, 0.2) is 0 Å².